The number of nitrogens with one attached hydrogen (secondary N) is 1. The van der Waals surface area contributed by atoms with Crippen LogP contribution in [0.3, 0.4) is 0 Å². The number of hydrogen-bond donors (Lipinski definition) is 1. The topological polar surface area (TPSA) is 46.2 Å². The number of benzene rings is 1. The molecule has 2 rings (SSSR count). The van der Waals surface area contributed by atoms with Gasteiger partial charge in [0.1, 0.15) is 0 Å². The molecule has 0 aliphatic carbocycles. The second-order valence-corrected chi connectivity index (χ2v) is 6.27. The lowest BCUT2D eigenvalue weighted by molar-refractivity contribution is 0.551. The number of rotatable bonds is 1. The van der Waals surface area contributed by atoms with Crippen molar-refractivity contribution in [3.8, 4) is 0 Å². The Morgan fingerprint density at radius 1 is 1.27 bits per heavy atom. The zero-order valence-electron chi connectivity index (χ0n) is 8.73. The van der Waals surface area contributed by atoms with E-state index in [0.717, 1.165) is 11.1 Å². The summed E-state index contributed by atoms with van der Waals surface area (Å²) in [7, 11) is -2.95. The fourth-order valence-electron chi connectivity index (χ4n) is 1.82. The summed E-state index contributed by atoms with van der Waals surface area (Å²) in [4.78, 5) is 0. The van der Waals surface area contributed by atoms with Crippen molar-refractivity contribution in [3.63, 3.8) is 0 Å². The van der Waals surface area contributed by atoms with Gasteiger partial charge < -0.3 is 5.32 Å². The van der Waals surface area contributed by atoms with E-state index in [9.17, 15) is 8.42 Å². The van der Waals surface area contributed by atoms with Gasteiger partial charge in [0.2, 0.25) is 0 Å². The fourth-order valence-corrected chi connectivity index (χ4v) is 3.48. The average molecular weight is 225 g/mol. The predicted molar refractivity (Wildman–Crippen MR) is 60.6 cm³/mol. The lowest BCUT2D eigenvalue weighted by Crippen LogP contribution is -2.38. The van der Waals surface area contributed by atoms with E-state index in [0.29, 0.717) is 13.1 Å². The van der Waals surface area contributed by atoms with Crippen LogP contribution < -0.4 is 5.32 Å². The number of sulfone groups is 1. The van der Waals surface area contributed by atoms with Gasteiger partial charge in [-0.05, 0) is 12.5 Å². The standard InChI is InChI=1S/C11H15NO2S/c1-9-2-4-10(5-3-9)11-8-12-6-7-15(11,13)14/h2-5,11-12H,6-8H2,1H3. The Morgan fingerprint density at radius 3 is 2.53 bits per heavy atom. The van der Waals surface area contributed by atoms with E-state index in [2.05, 4.69) is 5.32 Å². The van der Waals surface area contributed by atoms with Crippen molar-refractivity contribution in [2.75, 3.05) is 18.8 Å². The van der Waals surface area contributed by atoms with Gasteiger partial charge in [-0.1, -0.05) is 29.8 Å². The highest BCUT2D eigenvalue weighted by Gasteiger charge is 2.29. The lowest BCUT2D eigenvalue weighted by Gasteiger charge is -2.23. The number of aryl methyl sites for hydroxylation is 1. The maximum atomic E-state index is 11.8. The van der Waals surface area contributed by atoms with Crippen LogP contribution in [0.4, 0.5) is 0 Å². The first-order valence-corrected chi connectivity index (χ1v) is 6.80. The normalized spacial score (nSPS) is 25.0. The molecular weight excluding hydrogens is 210 g/mol. The highest BCUT2D eigenvalue weighted by Crippen LogP contribution is 2.24. The highest BCUT2D eigenvalue weighted by atomic mass is 32.2. The van der Waals surface area contributed by atoms with E-state index < -0.39 is 9.84 Å². The Labute approximate surface area is 90.4 Å². The van der Waals surface area contributed by atoms with Gasteiger partial charge in [0.15, 0.2) is 9.84 Å². The summed E-state index contributed by atoms with van der Waals surface area (Å²) in [5.74, 6) is 0.242. The lowest BCUT2D eigenvalue weighted by atomic mass is 10.1. The van der Waals surface area contributed by atoms with Gasteiger partial charge in [0, 0.05) is 13.1 Å². The van der Waals surface area contributed by atoms with Gasteiger partial charge in [-0.15, -0.1) is 0 Å². The van der Waals surface area contributed by atoms with Gasteiger partial charge in [0.05, 0.1) is 11.0 Å². The summed E-state index contributed by atoms with van der Waals surface area (Å²) < 4.78 is 23.7. The van der Waals surface area contributed by atoms with Crippen LogP contribution in [-0.4, -0.2) is 27.3 Å². The Balaban J connectivity index is 2.33. The second kappa shape index (κ2) is 3.94. The van der Waals surface area contributed by atoms with Crippen LogP contribution >= 0.6 is 0 Å². The molecule has 4 heteroatoms. The molecule has 1 atom stereocenters. The predicted octanol–water partition coefficient (Wildman–Crippen LogP) is 1.05. The van der Waals surface area contributed by atoms with Crippen LogP contribution in [0.2, 0.25) is 0 Å². The first kappa shape index (κ1) is 10.6. The molecule has 1 unspecified atom stereocenters. The smallest absolute Gasteiger partial charge is 0.159 e. The summed E-state index contributed by atoms with van der Waals surface area (Å²) in [5, 5.41) is 2.76. The molecule has 0 bridgehead atoms. The molecular formula is C11H15NO2S. The maximum Gasteiger partial charge on any atom is 0.159 e. The summed E-state index contributed by atoms with van der Waals surface area (Å²) in [6.45, 7) is 3.10. The Hall–Kier alpha value is -0.870. The van der Waals surface area contributed by atoms with E-state index in [1.54, 1.807) is 0 Å². The summed E-state index contributed by atoms with van der Waals surface area (Å²) in [6.07, 6.45) is 0. The molecule has 82 valence electrons. The van der Waals surface area contributed by atoms with Crippen molar-refractivity contribution < 1.29 is 8.42 Å². The molecule has 0 spiro atoms. The number of hydrogen-bond acceptors (Lipinski definition) is 3. The fraction of sp³-hybridized carbons (Fsp3) is 0.455. The molecule has 1 saturated heterocycles. The molecule has 3 nitrogen and oxygen atoms in total. The minimum absolute atomic E-state index is 0.242. The molecule has 1 heterocycles. The molecule has 1 aliphatic rings. The van der Waals surface area contributed by atoms with Crippen molar-refractivity contribution in [1.82, 2.24) is 5.32 Å². The van der Waals surface area contributed by atoms with Crippen LogP contribution in [0.1, 0.15) is 16.4 Å². The zero-order valence-corrected chi connectivity index (χ0v) is 9.55. The first-order chi connectivity index (χ1) is 7.09. The molecule has 1 aliphatic heterocycles. The molecule has 1 aromatic carbocycles. The van der Waals surface area contributed by atoms with Gasteiger partial charge in [0.25, 0.3) is 0 Å². The molecule has 0 aromatic heterocycles. The van der Waals surface area contributed by atoms with E-state index in [1.807, 2.05) is 31.2 Å². The van der Waals surface area contributed by atoms with E-state index in [4.69, 9.17) is 0 Å². The van der Waals surface area contributed by atoms with Gasteiger partial charge in [-0.25, -0.2) is 8.42 Å². The van der Waals surface area contributed by atoms with Crippen molar-refractivity contribution in [3.05, 3.63) is 35.4 Å². The zero-order chi connectivity index (χ0) is 10.9. The molecule has 1 fully saturated rings. The molecule has 15 heavy (non-hydrogen) atoms. The largest absolute Gasteiger partial charge is 0.314 e. The molecule has 0 amide bonds. The minimum atomic E-state index is -2.95. The summed E-state index contributed by atoms with van der Waals surface area (Å²) in [6, 6.07) is 7.73. The maximum absolute atomic E-state index is 11.8. The molecule has 0 saturated carbocycles. The van der Waals surface area contributed by atoms with Crippen LogP contribution in [-0.2, 0) is 9.84 Å². The average Bonchev–Trinajstić information content (AvgIpc) is 2.19. The van der Waals surface area contributed by atoms with Gasteiger partial charge in [-0.3, -0.25) is 0 Å². The monoisotopic (exact) mass is 225 g/mol. The summed E-state index contributed by atoms with van der Waals surface area (Å²) in [5.41, 5.74) is 2.05. The van der Waals surface area contributed by atoms with Crippen LogP contribution in [0.25, 0.3) is 0 Å². The first-order valence-electron chi connectivity index (χ1n) is 5.08. The van der Waals surface area contributed by atoms with Crippen LogP contribution in [0, 0.1) is 6.92 Å². The van der Waals surface area contributed by atoms with Crippen molar-refractivity contribution in [2.24, 2.45) is 0 Å². The van der Waals surface area contributed by atoms with Crippen LogP contribution in [0.15, 0.2) is 24.3 Å². The highest BCUT2D eigenvalue weighted by molar-refractivity contribution is 7.91. The van der Waals surface area contributed by atoms with Crippen molar-refractivity contribution in [1.29, 1.82) is 0 Å². The third kappa shape index (κ3) is 2.21. The van der Waals surface area contributed by atoms with E-state index in [1.165, 1.54) is 0 Å². The minimum Gasteiger partial charge on any atom is -0.314 e. The van der Waals surface area contributed by atoms with Crippen molar-refractivity contribution in [2.45, 2.75) is 12.2 Å². The SMILES string of the molecule is Cc1ccc(C2CNCCS2(=O)=O)cc1. The van der Waals surface area contributed by atoms with Gasteiger partial charge in [-0.2, -0.15) is 0 Å². The molecule has 1 aromatic rings. The molecule has 1 N–H and O–H groups in total. The summed E-state index contributed by atoms with van der Waals surface area (Å²) >= 11 is 0. The van der Waals surface area contributed by atoms with Crippen molar-refractivity contribution >= 4 is 9.84 Å². The van der Waals surface area contributed by atoms with E-state index in [-0.39, 0.29) is 11.0 Å². The van der Waals surface area contributed by atoms with Crippen LogP contribution in [0.5, 0.6) is 0 Å². The van der Waals surface area contributed by atoms with E-state index >= 15 is 0 Å². The Bertz CT molecular complexity index is 436. The van der Waals surface area contributed by atoms with Gasteiger partial charge >= 0.3 is 0 Å². The third-order valence-corrected chi connectivity index (χ3v) is 4.85. The Kier molecular flexibility index (Phi) is 2.80. The Morgan fingerprint density at radius 2 is 1.93 bits per heavy atom. The third-order valence-electron chi connectivity index (χ3n) is 2.78. The quantitative estimate of drug-likeness (QED) is 0.777. The second-order valence-electron chi connectivity index (χ2n) is 3.97. The molecule has 0 radical (unpaired) electrons.